The molecule has 0 radical (unpaired) electrons. The first-order valence-corrected chi connectivity index (χ1v) is 11.6. The predicted molar refractivity (Wildman–Crippen MR) is 126 cm³/mol. The Morgan fingerprint density at radius 3 is 2.55 bits per heavy atom. The zero-order valence-corrected chi connectivity index (χ0v) is 19.4. The van der Waals surface area contributed by atoms with Gasteiger partial charge in [0.15, 0.2) is 21.3 Å². The molecule has 8 heteroatoms. The molecule has 4 rings (SSSR count). The molecule has 3 aromatic carbocycles. The zero-order valence-electron chi connectivity index (χ0n) is 18.6. The van der Waals surface area contributed by atoms with Crippen molar-refractivity contribution in [2.45, 2.75) is 23.3 Å². The Morgan fingerprint density at radius 2 is 1.82 bits per heavy atom. The van der Waals surface area contributed by atoms with Gasteiger partial charge in [0.1, 0.15) is 5.69 Å². The number of hydrogen-bond donors (Lipinski definition) is 1. The monoisotopic (exact) mass is 464 g/mol. The van der Waals surface area contributed by atoms with E-state index in [0.29, 0.717) is 44.6 Å². The highest BCUT2D eigenvalue weighted by atomic mass is 32.2. The van der Waals surface area contributed by atoms with Crippen molar-refractivity contribution in [3.8, 4) is 11.5 Å². The maximum Gasteiger partial charge on any atom is 0.263 e. The number of amides is 2. The van der Waals surface area contributed by atoms with Gasteiger partial charge in [-0.1, -0.05) is 24.3 Å². The summed E-state index contributed by atoms with van der Waals surface area (Å²) in [6, 6.07) is 17.3. The van der Waals surface area contributed by atoms with E-state index >= 15 is 0 Å². The first-order chi connectivity index (χ1) is 16.0. The highest BCUT2D eigenvalue weighted by Crippen LogP contribution is 2.37. The van der Waals surface area contributed by atoms with Crippen LogP contribution in [0.2, 0.25) is 0 Å². The van der Waals surface area contributed by atoms with E-state index in [-0.39, 0.29) is 18.4 Å². The van der Waals surface area contributed by atoms with Crippen LogP contribution in [0, 0.1) is 0 Å². The Hall–Kier alpha value is -3.49. The molecule has 0 aliphatic carbocycles. The molecule has 2 amide bonds. The second-order valence-electron chi connectivity index (χ2n) is 7.33. The highest BCUT2D eigenvalue weighted by molar-refractivity contribution is 7.91. The van der Waals surface area contributed by atoms with Gasteiger partial charge in [0.2, 0.25) is 0 Å². The van der Waals surface area contributed by atoms with Crippen molar-refractivity contribution in [3.05, 3.63) is 77.4 Å². The number of nitrogens with zero attached hydrogens (tertiary/aromatic N) is 1. The standard InChI is InChI=1S/C25H24N2O5S/c1-4-27-19-14-16(24(28)26-15-17-8-7-10-20(31-2)23(17)32-3)12-13-22(19)33(30)21-11-6-5-9-18(21)25(27)29/h5-14H,4,15H2,1-3H3,(H,26,28). The van der Waals surface area contributed by atoms with E-state index in [1.807, 2.05) is 19.1 Å². The number of carbonyl (C=O) groups excluding carboxylic acids is 2. The van der Waals surface area contributed by atoms with E-state index < -0.39 is 11.2 Å². The molecule has 0 bridgehead atoms. The van der Waals surface area contributed by atoms with Crippen molar-refractivity contribution in [2.24, 2.45) is 0 Å². The quantitative estimate of drug-likeness (QED) is 0.561. The minimum atomic E-state index is -1.54. The molecule has 170 valence electrons. The summed E-state index contributed by atoms with van der Waals surface area (Å²) in [5, 5.41) is 2.88. The van der Waals surface area contributed by atoms with Gasteiger partial charge in [0, 0.05) is 35.4 Å². The Labute approximate surface area is 195 Å². The van der Waals surface area contributed by atoms with Crippen LogP contribution in [-0.2, 0) is 17.7 Å². The number of ether oxygens (including phenoxy) is 2. The fourth-order valence-electron chi connectivity index (χ4n) is 3.89. The van der Waals surface area contributed by atoms with Gasteiger partial charge in [0.25, 0.3) is 11.8 Å². The van der Waals surface area contributed by atoms with Crippen LogP contribution >= 0.6 is 0 Å². The molecule has 1 heterocycles. The lowest BCUT2D eigenvalue weighted by molar-refractivity contribution is 0.0947. The fourth-order valence-corrected chi connectivity index (χ4v) is 5.23. The average Bonchev–Trinajstić information content (AvgIpc) is 2.94. The first-order valence-electron chi connectivity index (χ1n) is 10.4. The third-order valence-corrected chi connectivity index (χ3v) is 7.01. The third kappa shape index (κ3) is 4.15. The Bertz CT molecular complexity index is 1210. The number of nitrogens with one attached hydrogen (secondary N) is 1. The molecule has 7 nitrogen and oxygen atoms in total. The number of benzene rings is 3. The van der Waals surface area contributed by atoms with Crippen molar-refractivity contribution >= 4 is 28.7 Å². The summed E-state index contributed by atoms with van der Waals surface area (Å²) in [7, 11) is 3.10. The summed E-state index contributed by atoms with van der Waals surface area (Å²) in [5.41, 5.74) is 2.01. The number of methoxy groups -OCH3 is 2. The molecule has 3 aromatic rings. The summed E-state index contributed by atoms with van der Waals surface area (Å²) in [6.07, 6.45) is 0. The lowest BCUT2D eigenvalue weighted by Crippen LogP contribution is -2.31. The van der Waals surface area contributed by atoms with Crippen molar-refractivity contribution in [3.63, 3.8) is 0 Å². The number of hydrogen-bond acceptors (Lipinski definition) is 5. The van der Waals surface area contributed by atoms with Crippen molar-refractivity contribution < 1.29 is 23.6 Å². The molecule has 1 unspecified atom stereocenters. The minimum Gasteiger partial charge on any atom is -0.606 e. The second-order valence-corrected chi connectivity index (χ2v) is 8.75. The maximum absolute atomic E-state index is 13.3. The Balaban J connectivity index is 1.64. The van der Waals surface area contributed by atoms with Crippen molar-refractivity contribution in [1.82, 2.24) is 5.32 Å². The van der Waals surface area contributed by atoms with Gasteiger partial charge in [-0.25, -0.2) is 0 Å². The molecule has 1 atom stereocenters. The molecule has 33 heavy (non-hydrogen) atoms. The number of anilines is 1. The Morgan fingerprint density at radius 1 is 1.03 bits per heavy atom. The van der Waals surface area contributed by atoms with Crippen molar-refractivity contribution in [1.29, 1.82) is 0 Å². The minimum absolute atomic E-state index is 0.226. The van der Waals surface area contributed by atoms with Gasteiger partial charge in [0.05, 0.1) is 19.8 Å². The zero-order chi connectivity index (χ0) is 23.5. The molecular weight excluding hydrogens is 440 g/mol. The molecule has 1 N–H and O–H groups in total. The van der Waals surface area contributed by atoms with Gasteiger partial charge in [-0.3, -0.25) is 9.59 Å². The molecule has 1 aliphatic heterocycles. The molecule has 0 saturated heterocycles. The summed E-state index contributed by atoms with van der Waals surface area (Å²) in [4.78, 5) is 28.7. The van der Waals surface area contributed by atoms with E-state index in [4.69, 9.17) is 9.47 Å². The van der Waals surface area contributed by atoms with Crippen LogP contribution in [0.1, 0.15) is 33.2 Å². The third-order valence-electron chi connectivity index (χ3n) is 5.51. The summed E-state index contributed by atoms with van der Waals surface area (Å²) in [6.45, 7) is 2.45. The van der Waals surface area contributed by atoms with Gasteiger partial charge >= 0.3 is 0 Å². The molecule has 0 fully saturated rings. The SMILES string of the molecule is CCN1C(=O)c2ccccc2[S+]([O-])c2ccc(C(=O)NCc3cccc(OC)c3OC)cc21. The smallest absolute Gasteiger partial charge is 0.263 e. The van der Waals surface area contributed by atoms with Crippen LogP contribution < -0.4 is 19.7 Å². The van der Waals surface area contributed by atoms with Crippen LogP contribution in [0.4, 0.5) is 5.69 Å². The van der Waals surface area contributed by atoms with Crippen LogP contribution in [0.15, 0.2) is 70.5 Å². The molecule has 0 saturated carbocycles. The van der Waals surface area contributed by atoms with E-state index in [1.54, 1.807) is 67.7 Å². The van der Waals surface area contributed by atoms with E-state index in [1.165, 1.54) is 0 Å². The normalized spacial score (nSPS) is 14.7. The highest BCUT2D eigenvalue weighted by Gasteiger charge is 2.35. The van der Waals surface area contributed by atoms with E-state index in [2.05, 4.69) is 5.32 Å². The number of para-hydroxylation sites is 1. The number of fused-ring (bicyclic) bond motifs is 2. The van der Waals surface area contributed by atoms with Gasteiger partial charge in [-0.05, 0) is 43.3 Å². The van der Waals surface area contributed by atoms with Crippen LogP contribution in [-0.4, -0.2) is 37.1 Å². The van der Waals surface area contributed by atoms with E-state index in [9.17, 15) is 14.1 Å². The average molecular weight is 465 g/mol. The molecular formula is C25H24N2O5S. The fraction of sp³-hybridized carbons (Fsp3) is 0.200. The summed E-state index contributed by atoms with van der Waals surface area (Å²) >= 11 is -1.54. The first kappa shape index (κ1) is 22.7. The Kier molecular flexibility index (Phi) is 6.57. The molecule has 0 spiro atoms. The lowest BCUT2D eigenvalue weighted by atomic mass is 10.1. The topological polar surface area (TPSA) is 90.9 Å². The largest absolute Gasteiger partial charge is 0.606 e. The number of rotatable bonds is 6. The predicted octanol–water partition coefficient (Wildman–Crippen LogP) is 3.78. The van der Waals surface area contributed by atoms with Gasteiger partial charge in [-0.15, -0.1) is 0 Å². The van der Waals surface area contributed by atoms with Crippen LogP contribution in [0.25, 0.3) is 0 Å². The van der Waals surface area contributed by atoms with Crippen LogP contribution in [0.5, 0.6) is 11.5 Å². The van der Waals surface area contributed by atoms with Crippen LogP contribution in [0.3, 0.4) is 0 Å². The van der Waals surface area contributed by atoms with Gasteiger partial charge < -0.3 is 24.2 Å². The second kappa shape index (κ2) is 9.56. The summed E-state index contributed by atoms with van der Waals surface area (Å²) in [5.74, 6) is 0.573. The maximum atomic E-state index is 13.3. The van der Waals surface area contributed by atoms with E-state index in [0.717, 1.165) is 5.56 Å². The lowest BCUT2D eigenvalue weighted by Gasteiger charge is -2.20. The van der Waals surface area contributed by atoms with Crippen molar-refractivity contribution in [2.75, 3.05) is 25.7 Å². The molecule has 0 aromatic heterocycles. The summed E-state index contributed by atoms with van der Waals surface area (Å²) < 4.78 is 24.0. The van der Waals surface area contributed by atoms with Gasteiger partial charge in [-0.2, -0.15) is 0 Å². The molecule has 1 aliphatic rings. The number of carbonyl (C=O) groups is 2.